The van der Waals surface area contributed by atoms with Crippen molar-refractivity contribution in [1.82, 2.24) is 5.32 Å². The highest BCUT2D eigenvalue weighted by Crippen LogP contribution is 2.29. The normalized spacial score (nSPS) is 22.5. The molecule has 3 N–H and O–H groups in total. The van der Waals surface area contributed by atoms with Crippen molar-refractivity contribution in [2.45, 2.75) is 25.7 Å². The van der Waals surface area contributed by atoms with E-state index >= 15 is 0 Å². The molecule has 0 aromatic heterocycles. The van der Waals surface area contributed by atoms with Crippen molar-refractivity contribution in [3.8, 4) is 5.75 Å². The first-order valence-electron chi connectivity index (χ1n) is 6.99. The zero-order valence-corrected chi connectivity index (χ0v) is 12.1. The molecule has 0 heterocycles. The van der Waals surface area contributed by atoms with Crippen molar-refractivity contribution >= 4 is 17.5 Å². The first kappa shape index (κ1) is 15.1. The van der Waals surface area contributed by atoms with Crippen molar-refractivity contribution in [2.24, 2.45) is 11.8 Å². The van der Waals surface area contributed by atoms with E-state index in [-0.39, 0.29) is 29.7 Å². The minimum Gasteiger partial charge on any atom is -0.508 e. The smallest absolute Gasteiger partial charge is 0.252 e. The van der Waals surface area contributed by atoms with Crippen LogP contribution in [0.25, 0.3) is 0 Å². The standard InChI is InChI=1S/C15H20ClNO3/c16-14-6-5-12(19)7-13(14)15(20)17-8-10-3-1-2-4-11(10)9-18/h5-7,10-11,18-19H,1-4,8-9H2,(H,17,20). The maximum atomic E-state index is 12.1. The number of aromatic hydroxyl groups is 1. The van der Waals surface area contributed by atoms with Gasteiger partial charge in [0.1, 0.15) is 5.75 Å². The summed E-state index contributed by atoms with van der Waals surface area (Å²) in [7, 11) is 0. The van der Waals surface area contributed by atoms with Crippen LogP contribution in [-0.4, -0.2) is 29.3 Å². The van der Waals surface area contributed by atoms with Gasteiger partial charge in [-0.3, -0.25) is 4.79 Å². The van der Waals surface area contributed by atoms with Crippen molar-refractivity contribution in [2.75, 3.05) is 13.2 Å². The minimum atomic E-state index is -0.284. The molecule has 0 aliphatic heterocycles. The van der Waals surface area contributed by atoms with Crippen LogP contribution < -0.4 is 5.32 Å². The number of phenolic OH excluding ortho intramolecular Hbond substituents is 1. The molecule has 20 heavy (non-hydrogen) atoms. The fourth-order valence-electron chi connectivity index (χ4n) is 2.80. The Morgan fingerprint density at radius 2 is 2.00 bits per heavy atom. The van der Waals surface area contributed by atoms with E-state index in [0.29, 0.717) is 17.5 Å². The van der Waals surface area contributed by atoms with Gasteiger partial charge in [-0.05, 0) is 42.9 Å². The molecule has 0 spiro atoms. The quantitative estimate of drug-likeness (QED) is 0.800. The third kappa shape index (κ3) is 3.64. The summed E-state index contributed by atoms with van der Waals surface area (Å²) in [5, 5.41) is 21.9. The molecular formula is C15H20ClNO3. The Hall–Kier alpha value is -1.26. The predicted octanol–water partition coefficient (Wildman–Crippen LogP) is 2.57. The molecule has 1 fully saturated rings. The van der Waals surface area contributed by atoms with Gasteiger partial charge < -0.3 is 15.5 Å². The highest BCUT2D eigenvalue weighted by Gasteiger charge is 2.25. The molecule has 0 saturated heterocycles. The van der Waals surface area contributed by atoms with Gasteiger partial charge in [-0.25, -0.2) is 0 Å². The molecule has 1 aromatic carbocycles. The lowest BCUT2D eigenvalue weighted by atomic mass is 9.79. The lowest BCUT2D eigenvalue weighted by molar-refractivity contribution is 0.0909. The zero-order chi connectivity index (χ0) is 14.5. The molecule has 2 unspecified atom stereocenters. The molecule has 0 radical (unpaired) electrons. The number of nitrogens with one attached hydrogen (secondary N) is 1. The van der Waals surface area contributed by atoms with Gasteiger partial charge >= 0.3 is 0 Å². The highest BCUT2D eigenvalue weighted by molar-refractivity contribution is 6.33. The van der Waals surface area contributed by atoms with Crippen molar-refractivity contribution < 1.29 is 15.0 Å². The number of carbonyl (C=O) groups is 1. The number of benzene rings is 1. The molecule has 2 atom stereocenters. The fourth-order valence-corrected chi connectivity index (χ4v) is 3.00. The number of amides is 1. The maximum absolute atomic E-state index is 12.1. The van der Waals surface area contributed by atoms with Crippen LogP contribution >= 0.6 is 11.6 Å². The van der Waals surface area contributed by atoms with E-state index in [2.05, 4.69) is 5.32 Å². The fraction of sp³-hybridized carbons (Fsp3) is 0.533. The number of carbonyl (C=O) groups excluding carboxylic acids is 1. The van der Waals surface area contributed by atoms with Gasteiger partial charge in [-0.1, -0.05) is 24.4 Å². The largest absolute Gasteiger partial charge is 0.508 e. The number of hydrogen-bond acceptors (Lipinski definition) is 3. The molecule has 1 aliphatic rings. The topological polar surface area (TPSA) is 69.6 Å². The minimum absolute atomic E-state index is 0.0189. The molecule has 110 valence electrons. The summed E-state index contributed by atoms with van der Waals surface area (Å²) < 4.78 is 0. The SMILES string of the molecule is O=C(NCC1CCCCC1CO)c1cc(O)ccc1Cl. The molecule has 1 amide bonds. The van der Waals surface area contributed by atoms with Gasteiger partial charge in [0.15, 0.2) is 0 Å². The summed E-state index contributed by atoms with van der Waals surface area (Å²) in [5.74, 6) is 0.316. The number of halogens is 1. The second kappa shape index (κ2) is 6.95. The second-order valence-electron chi connectivity index (χ2n) is 5.36. The third-order valence-electron chi connectivity index (χ3n) is 4.02. The first-order valence-corrected chi connectivity index (χ1v) is 7.37. The van der Waals surface area contributed by atoms with E-state index in [1.165, 1.54) is 18.2 Å². The van der Waals surface area contributed by atoms with Gasteiger partial charge in [0, 0.05) is 13.2 Å². The van der Waals surface area contributed by atoms with Crippen LogP contribution in [0.5, 0.6) is 5.75 Å². The molecule has 2 rings (SSSR count). The van der Waals surface area contributed by atoms with E-state index in [1.807, 2.05) is 0 Å². The highest BCUT2D eigenvalue weighted by atomic mass is 35.5. The second-order valence-corrected chi connectivity index (χ2v) is 5.77. The molecule has 1 aromatic rings. The molecule has 0 bridgehead atoms. The number of aliphatic hydroxyl groups is 1. The van der Waals surface area contributed by atoms with Gasteiger partial charge in [0.25, 0.3) is 5.91 Å². The van der Waals surface area contributed by atoms with E-state index in [0.717, 1.165) is 25.7 Å². The van der Waals surface area contributed by atoms with E-state index < -0.39 is 0 Å². The Morgan fingerprint density at radius 1 is 1.30 bits per heavy atom. The van der Waals surface area contributed by atoms with Gasteiger partial charge in [0.05, 0.1) is 10.6 Å². The molecule has 1 saturated carbocycles. The van der Waals surface area contributed by atoms with Crippen molar-refractivity contribution in [1.29, 1.82) is 0 Å². The monoisotopic (exact) mass is 297 g/mol. The Balaban J connectivity index is 1.96. The van der Waals surface area contributed by atoms with E-state index in [4.69, 9.17) is 11.6 Å². The molecule has 4 nitrogen and oxygen atoms in total. The summed E-state index contributed by atoms with van der Waals surface area (Å²) in [6, 6.07) is 4.31. The summed E-state index contributed by atoms with van der Waals surface area (Å²) >= 11 is 5.96. The Labute approximate surface area is 123 Å². The van der Waals surface area contributed by atoms with Crippen LogP contribution in [0.4, 0.5) is 0 Å². The average molecular weight is 298 g/mol. The van der Waals surface area contributed by atoms with Crippen LogP contribution in [0.3, 0.4) is 0 Å². The summed E-state index contributed by atoms with van der Waals surface area (Å²) in [6.07, 6.45) is 4.33. The van der Waals surface area contributed by atoms with Gasteiger partial charge in [-0.15, -0.1) is 0 Å². The Morgan fingerprint density at radius 3 is 2.70 bits per heavy atom. The lowest BCUT2D eigenvalue weighted by Crippen LogP contribution is -2.35. The number of phenols is 1. The first-order chi connectivity index (χ1) is 9.61. The zero-order valence-electron chi connectivity index (χ0n) is 11.3. The third-order valence-corrected chi connectivity index (χ3v) is 4.35. The number of rotatable bonds is 4. The van der Waals surface area contributed by atoms with Crippen LogP contribution in [0.2, 0.25) is 5.02 Å². The van der Waals surface area contributed by atoms with Crippen LogP contribution in [0.15, 0.2) is 18.2 Å². The van der Waals surface area contributed by atoms with E-state index in [1.54, 1.807) is 0 Å². The van der Waals surface area contributed by atoms with Crippen LogP contribution in [0.1, 0.15) is 36.0 Å². The molecule has 5 heteroatoms. The predicted molar refractivity (Wildman–Crippen MR) is 78.0 cm³/mol. The summed E-state index contributed by atoms with van der Waals surface area (Å²) in [4.78, 5) is 12.1. The Bertz CT molecular complexity index is 478. The van der Waals surface area contributed by atoms with Gasteiger partial charge in [-0.2, -0.15) is 0 Å². The molecule has 1 aliphatic carbocycles. The van der Waals surface area contributed by atoms with Crippen LogP contribution in [0, 0.1) is 11.8 Å². The maximum Gasteiger partial charge on any atom is 0.252 e. The average Bonchev–Trinajstić information content (AvgIpc) is 2.47. The molecular weight excluding hydrogens is 278 g/mol. The van der Waals surface area contributed by atoms with Crippen LogP contribution in [-0.2, 0) is 0 Å². The van der Waals surface area contributed by atoms with Crippen molar-refractivity contribution in [3.63, 3.8) is 0 Å². The summed E-state index contributed by atoms with van der Waals surface area (Å²) in [6.45, 7) is 0.712. The number of hydrogen-bond donors (Lipinski definition) is 3. The summed E-state index contributed by atoms with van der Waals surface area (Å²) in [5.41, 5.74) is 0.281. The van der Waals surface area contributed by atoms with E-state index in [9.17, 15) is 15.0 Å². The Kier molecular flexibility index (Phi) is 5.26. The van der Waals surface area contributed by atoms with Gasteiger partial charge in [0.2, 0.25) is 0 Å². The van der Waals surface area contributed by atoms with Crippen molar-refractivity contribution in [3.05, 3.63) is 28.8 Å². The lowest BCUT2D eigenvalue weighted by Gasteiger charge is -2.30. The number of aliphatic hydroxyl groups excluding tert-OH is 1.